The van der Waals surface area contributed by atoms with Crippen molar-refractivity contribution in [2.75, 3.05) is 0 Å². The molecule has 0 radical (unpaired) electrons. The molecular weight excluding hydrogens is 209 g/mol. The van der Waals surface area contributed by atoms with Gasteiger partial charge in [-0.15, -0.1) is 0 Å². The molecule has 0 aromatic carbocycles. The topological polar surface area (TPSA) is 51.0 Å². The SMILES string of the molecule is CC(NCc1ccno1)c1ccc(F)cn1. The van der Waals surface area contributed by atoms with Gasteiger partial charge in [0.15, 0.2) is 0 Å². The van der Waals surface area contributed by atoms with Crippen LogP contribution in [0, 0.1) is 5.82 Å². The molecular formula is C11H12FN3O. The van der Waals surface area contributed by atoms with Crippen LogP contribution in [0.1, 0.15) is 24.4 Å². The number of halogens is 1. The fourth-order valence-corrected chi connectivity index (χ4v) is 1.33. The number of hydrogen-bond donors (Lipinski definition) is 1. The van der Waals surface area contributed by atoms with Gasteiger partial charge < -0.3 is 9.84 Å². The van der Waals surface area contributed by atoms with Gasteiger partial charge in [-0.3, -0.25) is 4.98 Å². The molecule has 2 heterocycles. The Morgan fingerprint density at radius 1 is 1.44 bits per heavy atom. The monoisotopic (exact) mass is 221 g/mol. The standard InChI is InChI=1S/C11H12FN3O/c1-8(11-3-2-9(12)6-14-11)13-7-10-4-5-15-16-10/h2-6,8,13H,7H2,1H3. The molecule has 0 saturated carbocycles. The van der Waals surface area contributed by atoms with Crippen LogP contribution in [0.15, 0.2) is 35.1 Å². The zero-order valence-corrected chi connectivity index (χ0v) is 8.85. The number of nitrogens with one attached hydrogen (secondary N) is 1. The lowest BCUT2D eigenvalue weighted by molar-refractivity contribution is 0.365. The van der Waals surface area contributed by atoms with E-state index in [-0.39, 0.29) is 11.9 Å². The van der Waals surface area contributed by atoms with Gasteiger partial charge >= 0.3 is 0 Å². The number of rotatable bonds is 4. The Hall–Kier alpha value is -1.75. The van der Waals surface area contributed by atoms with E-state index in [9.17, 15) is 4.39 Å². The molecule has 2 aromatic rings. The van der Waals surface area contributed by atoms with E-state index in [2.05, 4.69) is 15.5 Å². The summed E-state index contributed by atoms with van der Waals surface area (Å²) >= 11 is 0. The van der Waals surface area contributed by atoms with Crippen LogP contribution in [0.3, 0.4) is 0 Å². The van der Waals surface area contributed by atoms with Crippen LogP contribution < -0.4 is 5.32 Å². The lowest BCUT2D eigenvalue weighted by Gasteiger charge is -2.11. The van der Waals surface area contributed by atoms with Gasteiger partial charge in [-0.05, 0) is 19.1 Å². The van der Waals surface area contributed by atoms with Crippen LogP contribution in [0.4, 0.5) is 4.39 Å². The minimum atomic E-state index is -0.328. The van der Waals surface area contributed by atoms with Crippen LogP contribution >= 0.6 is 0 Å². The highest BCUT2D eigenvalue weighted by atomic mass is 19.1. The molecule has 1 unspecified atom stereocenters. The smallest absolute Gasteiger partial charge is 0.150 e. The van der Waals surface area contributed by atoms with E-state index < -0.39 is 0 Å². The fraction of sp³-hybridized carbons (Fsp3) is 0.273. The molecule has 0 aliphatic rings. The molecule has 0 bridgehead atoms. The summed E-state index contributed by atoms with van der Waals surface area (Å²) in [4.78, 5) is 3.99. The molecule has 0 aliphatic heterocycles. The second-order valence-corrected chi connectivity index (χ2v) is 3.48. The minimum Gasteiger partial charge on any atom is -0.360 e. The number of hydrogen-bond acceptors (Lipinski definition) is 4. The normalized spacial score (nSPS) is 12.6. The largest absolute Gasteiger partial charge is 0.360 e. The van der Waals surface area contributed by atoms with Gasteiger partial charge in [0.1, 0.15) is 11.6 Å². The maximum Gasteiger partial charge on any atom is 0.150 e. The van der Waals surface area contributed by atoms with Gasteiger partial charge in [0.25, 0.3) is 0 Å². The van der Waals surface area contributed by atoms with E-state index in [1.807, 2.05) is 6.92 Å². The predicted molar refractivity (Wildman–Crippen MR) is 56.0 cm³/mol. The third-order valence-electron chi connectivity index (χ3n) is 2.27. The average molecular weight is 221 g/mol. The Kier molecular flexibility index (Phi) is 3.26. The molecule has 1 atom stereocenters. The van der Waals surface area contributed by atoms with Crippen LogP contribution in [-0.2, 0) is 6.54 Å². The molecule has 1 N–H and O–H groups in total. The van der Waals surface area contributed by atoms with E-state index in [0.717, 1.165) is 11.5 Å². The van der Waals surface area contributed by atoms with Crippen LogP contribution in [-0.4, -0.2) is 10.1 Å². The second kappa shape index (κ2) is 4.85. The number of aromatic nitrogens is 2. The fourth-order valence-electron chi connectivity index (χ4n) is 1.33. The van der Waals surface area contributed by atoms with Crippen molar-refractivity contribution >= 4 is 0 Å². The first-order valence-electron chi connectivity index (χ1n) is 5.00. The highest BCUT2D eigenvalue weighted by molar-refractivity contribution is 5.09. The third kappa shape index (κ3) is 2.64. The Balaban J connectivity index is 1.93. The first kappa shape index (κ1) is 10.8. The maximum absolute atomic E-state index is 12.7. The molecule has 2 aromatic heterocycles. The van der Waals surface area contributed by atoms with Crippen molar-refractivity contribution in [1.82, 2.24) is 15.5 Å². The first-order chi connectivity index (χ1) is 7.75. The van der Waals surface area contributed by atoms with Gasteiger partial charge in [-0.25, -0.2) is 4.39 Å². The van der Waals surface area contributed by atoms with E-state index in [1.165, 1.54) is 12.3 Å². The molecule has 84 valence electrons. The Morgan fingerprint density at radius 2 is 2.31 bits per heavy atom. The van der Waals surface area contributed by atoms with Gasteiger partial charge in [-0.1, -0.05) is 5.16 Å². The number of nitrogens with zero attached hydrogens (tertiary/aromatic N) is 2. The van der Waals surface area contributed by atoms with Crippen molar-refractivity contribution in [3.63, 3.8) is 0 Å². The molecule has 16 heavy (non-hydrogen) atoms. The van der Waals surface area contributed by atoms with Crippen molar-refractivity contribution in [2.24, 2.45) is 0 Å². The second-order valence-electron chi connectivity index (χ2n) is 3.48. The van der Waals surface area contributed by atoms with Crippen molar-refractivity contribution < 1.29 is 8.91 Å². The summed E-state index contributed by atoms with van der Waals surface area (Å²) in [5, 5.41) is 6.81. The average Bonchev–Trinajstić information content (AvgIpc) is 2.80. The molecule has 0 fully saturated rings. The number of pyridine rings is 1. The van der Waals surface area contributed by atoms with Crippen molar-refractivity contribution in [3.8, 4) is 0 Å². The molecule has 0 saturated heterocycles. The quantitative estimate of drug-likeness (QED) is 0.858. The van der Waals surface area contributed by atoms with Gasteiger partial charge in [0.05, 0.1) is 24.6 Å². The molecule has 5 heteroatoms. The molecule has 0 amide bonds. The molecule has 2 rings (SSSR count). The van der Waals surface area contributed by atoms with E-state index >= 15 is 0 Å². The van der Waals surface area contributed by atoms with Crippen LogP contribution in [0.5, 0.6) is 0 Å². The summed E-state index contributed by atoms with van der Waals surface area (Å²) in [6.07, 6.45) is 2.81. The predicted octanol–water partition coefficient (Wildman–Crippen LogP) is 2.06. The third-order valence-corrected chi connectivity index (χ3v) is 2.27. The van der Waals surface area contributed by atoms with Crippen molar-refractivity contribution in [2.45, 2.75) is 19.5 Å². The van der Waals surface area contributed by atoms with Gasteiger partial charge in [0.2, 0.25) is 0 Å². The molecule has 4 nitrogen and oxygen atoms in total. The lowest BCUT2D eigenvalue weighted by atomic mass is 10.2. The Morgan fingerprint density at radius 3 is 2.94 bits per heavy atom. The summed E-state index contributed by atoms with van der Waals surface area (Å²) in [5.41, 5.74) is 0.793. The summed E-state index contributed by atoms with van der Waals surface area (Å²) < 4.78 is 17.6. The minimum absolute atomic E-state index is 0.0331. The van der Waals surface area contributed by atoms with E-state index in [0.29, 0.717) is 6.54 Å². The molecule has 0 spiro atoms. The Labute approximate surface area is 92.5 Å². The van der Waals surface area contributed by atoms with E-state index in [4.69, 9.17) is 4.52 Å². The summed E-state index contributed by atoms with van der Waals surface area (Å²) in [7, 11) is 0. The molecule has 0 aliphatic carbocycles. The van der Waals surface area contributed by atoms with Crippen molar-refractivity contribution in [3.05, 3.63) is 47.9 Å². The maximum atomic E-state index is 12.7. The van der Waals surface area contributed by atoms with Crippen LogP contribution in [0.25, 0.3) is 0 Å². The highest BCUT2D eigenvalue weighted by Crippen LogP contribution is 2.10. The zero-order chi connectivity index (χ0) is 11.4. The van der Waals surface area contributed by atoms with Gasteiger partial charge in [-0.2, -0.15) is 0 Å². The first-order valence-corrected chi connectivity index (χ1v) is 5.00. The van der Waals surface area contributed by atoms with Gasteiger partial charge in [0, 0.05) is 12.1 Å². The summed E-state index contributed by atoms with van der Waals surface area (Å²) in [6.45, 7) is 2.52. The summed E-state index contributed by atoms with van der Waals surface area (Å²) in [5.74, 6) is 0.431. The summed E-state index contributed by atoms with van der Waals surface area (Å²) in [6, 6.07) is 4.88. The zero-order valence-electron chi connectivity index (χ0n) is 8.85. The lowest BCUT2D eigenvalue weighted by Crippen LogP contribution is -2.18. The Bertz CT molecular complexity index is 427. The van der Waals surface area contributed by atoms with E-state index in [1.54, 1.807) is 18.3 Å². The highest BCUT2D eigenvalue weighted by Gasteiger charge is 2.07. The van der Waals surface area contributed by atoms with Crippen LogP contribution in [0.2, 0.25) is 0 Å². The van der Waals surface area contributed by atoms with Crippen molar-refractivity contribution in [1.29, 1.82) is 0 Å².